The molecule has 0 atom stereocenters. The van der Waals surface area contributed by atoms with Crippen LogP contribution in [0.5, 0.6) is 0 Å². The van der Waals surface area contributed by atoms with Crippen molar-refractivity contribution in [3.8, 4) is 5.00 Å². The van der Waals surface area contributed by atoms with E-state index in [1.54, 1.807) is 23.6 Å². The Kier molecular flexibility index (Phi) is 4.84. The summed E-state index contributed by atoms with van der Waals surface area (Å²) in [5.74, 6) is -0.892. The summed E-state index contributed by atoms with van der Waals surface area (Å²) >= 11 is 2.55. The SMILES string of the molecule is CC(=O)N(c1nc(Cn2nnn(-c3cccs3)c2=O)cs1)c1ccccc1F. The van der Waals surface area contributed by atoms with E-state index in [0.717, 1.165) is 0 Å². The summed E-state index contributed by atoms with van der Waals surface area (Å²) in [4.78, 5) is 30.1. The lowest BCUT2D eigenvalue weighted by atomic mass is 10.3. The third-order valence-corrected chi connectivity index (χ3v) is 5.52. The highest BCUT2D eigenvalue weighted by atomic mass is 32.1. The zero-order valence-electron chi connectivity index (χ0n) is 14.5. The largest absolute Gasteiger partial charge is 0.369 e. The molecule has 3 aromatic heterocycles. The lowest BCUT2D eigenvalue weighted by Gasteiger charge is -2.18. The maximum Gasteiger partial charge on any atom is 0.369 e. The van der Waals surface area contributed by atoms with Crippen LogP contribution in [0.15, 0.2) is 52.0 Å². The van der Waals surface area contributed by atoms with E-state index in [9.17, 15) is 14.0 Å². The topological polar surface area (TPSA) is 85.9 Å². The van der Waals surface area contributed by atoms with Crippen molar-refractivity contribution < 1.29 is 9.18 Å². The first-order chi connectivity index (χ1) is 13.5. The van der Waals surface area contributed by atoms with E-state index in [4.69, 9.17) is 0 Å². The second-order valence-electron chi connectivity index (χ2n) is 5.71. The fraction of sp³-hybridized carbons (Fsp3) is 0.118. The van der Waals surface area contributed by atoms with E-state index in [2.05, 4.69) is 15.4 Å². The Morgan fingerprint density at radius 1 is 1.18 bits per heavy atom. The second-order valence-corrected chi connectivity index (χ2v) is 7.47. The molecule has 0 radical (unpaired) electrons. The minimum absolute atomic E-state index is 0.0870. The molecule has 4 rings (SSSR count). The van der Waals surface area contributed by atoms with Gasteiger partial charge in [-0.3, -0.25) is 9.69 Å². The van der Waals surface area contributed by atoms with E-state index >= 15 is 0 Å². The number of nitrogens with zero attached hydrogens (tertiary/aromatic N) is 6. The molecule has 0 aliphatic heterocycles. The molecule has 0 spiro atoms. The third kappa shape index (κ3) is 3.37. The Balaban J connectivity index is 1.62. The molecular weight excluding hydrogens is 403 g/mol. The number of carbonyl (C=O) groups is 1. The van der Waals surface area contributed by atoms with Crippen molar-refractivity contribution in [2.24, 2.45) is 0 Å². The number of benzene rings is 1. The summed E-state index contributed by atoms with van der Waals surface area (Å²) in [5.41, 5.74) is 0.245. The molecule has 3 heterocycles. The number of thiazole rings is 1. The molecule has 0 bridgehead atoms. The van der Waals surface area contributed by atoms with Crippen LogP contribution in [0.4, 0.5) is 15.2 Å². The fourth-order valence-electron chi connectivity index (χ4n) is 2.57. The number of para-hydroxylation sites is 1. The van der Waals surface area contributed by atoms with Crippen molar-refractivity contribution in [3.05, 3.63) is 69.2 Å². The van der Waals surface area contributed by atoms with Gasteiger partial charge in [0.15, 0.2) is 5.13 Å². The van der Waals surface area contributed by atoms with Crippen LogP contribution in [0, 0.1) is 5.82 Å². The van der Waals surface area contributed by atoms with Crippen molar-refractivity contribution in [1.82, 2.24) is 24.8 Å². The lowest BCUT2D eigenvalue weighted by Crippen LogP contribution is -2.25. The average molecular weight is 416 g/mol. The van der Waals surface area contributed by atoms with Gasteiger partial charge in [-0.05, 0) is 40.1 Å². The number of tetrazole rings is 1. The van der Waals surface area contributed by atoms with Gasteiger partial charge in [0.2, 0.25) is 5.91 Å². The van der Waals surface area contributed by atoms with E-state index in [0.29, 0.717) is 15.8 Å². The minimum atomic E-state index is -0.524. The van der Waals surface area contributed by atoms with E-state index < -0.39 is 11.5 Å². The zero-order valence-corrected chi connectivity index (χ0v) is 16.2. The van der Waals surface area contributed by atoms with E-state index in [-0.39, 0.29) is 18.1 Å². The normalized spacial score (nSPS) is 10.9. The standard InChI is InChI=1S/C17H13FN6O2S2/c1-11(25)23(14-6-3-2-5-13(14)18)16-19-12(10-28-16)9-22-17(26)24(21-20-22)15-7-4-8-27-15/h2-8,10H,9H2,1H3. The maximum absolute atomic E-state index is 14.1. The zero-order chi connectivity index (χ0) is 19.7. The average Bonchev–Trinajstić information content (AvgIpc) is 3.40. The monoisotopic (exact) mass is 416 g/mol. The molecule has 0 aliphatic carbocycles. The number of hydrogen-bond acceptors (Lipinski definition) is 7. The minimum Gasteiger partial charge on any atom is -0.274 e. The van der Waals surface area contributed by atoms with E-state index in [1.165, 1.54) is 56.0 Å². The van der Waals surface area contributed by atoms with Crippen molar-refractivity contribution in [2.45, 2.75) is 13.5 Å². The molecule has 0 saturated heterocycles. The molecular formula is C17H13FN6O2S2. The predicted molar refractivity (Wildman–Crippen MR) is 104 cm³/mol. The number of amides is 1. The molecule has 1 aromatic carbocycles. The molecule has 11 heteroatoms. The third-order valence-electron chi connectivity index (χ3n) is 3.81. The van der Waals surface area contributed by atoms with Crippen LogP contribution in [0.25, 0.3) is 5.00 Å². The van der Waals surface area contributed by atoms with Crippen LogP contribution in [0.1, 0.15) is 12.6 Å². The second kappa shape index (κ2) is 7.44. The number of aromatic nitrogens is 5. The maximum atomic E-state index is 14.1. The van der Waals surface area contributed by atoms with Crippen molar-refractivity contribution in [3.63, 3.8) is 0 Å². The lowest BCUT2D eigenvalue weighted by molar-refractivity contribution is -0.115. The van der Waals surface area contributed by atoms with Crippen LogP contribution >= 0.6 is 22.7 Å². The molecule has 28 heavy (non-hydrogen) atoms. The number of hydrogen-bond donors (Lipinski definition) is 0. The molecule has 0 unspecified atom stereocenters. The van der Waals surface area contributed by atoms with Crippen molar-refractivity contribution in [2.75, 3.05) is 4.90 Å². The number of halogens is 1. The smallest absolute Gasteiger partial charge is 0.274 e. The first-order valence-corrected chi connectivity index (χ1v) is 9.87. The van der Waals surface area contributed by atoms with E-state index in [1.807, 2.05) is 11.4 Å². The van der Waals surface area contributed by atoms with Crippen LogP contribution in [-0.4, -0.2) is 30.7 Å². The van der Waals surface area contributed by atoms with Gasteiger partial charge in [0.1, 0.15) is 10.8 Å². The summed E-state index contributed by atoms with van der Waals surface area (Å²) in [7, 11) is 0. The summed E-state index contributed by atoms with van der Waals surface area (Å²) in [6.45, 7) is 1.42. The van der Waals surface area contributed by atoms with Crippen LogP contribution < -0.4 is 10.6 Å². The Morgan fingerprint density at radius 2 is 2.00 bits per heavy atom. The highest BCUT2D eigenvalue weighted by molar-refractivity contribution is 7.14. The summed E-state index contributed by atoms with van der Waals surface area (Å²) in [5, 5.41) is 12.3. The van der Waals surface area contributed by atoms with Crippen molar-refractivity contribution >= 4 is 39.4 Å². The molecule has 0 saturated carbocycles. The van der Waals surface area contributed by atoms with Gasteiger partial charge < -0.3 is 0 Å². The Hall–Kier alpha value is -3.18. The molecule has 0 fully saturated rings. The Morgan fingerprint density at radius 3 is 2.71 bits per heavy atom. The van der Waals surface area contributed by atoms with Crippen LogP contribution in [0.3, 0.4) is 0 Å². The molecule has 4 aromatic rings. The molecule has 8 nitrogen and oxygen atoms in total. The summed E-state index contributed by atoms with van der Waals surface area (Å²) in [6.07, 6.45) is 0. The first kappa shape index (κ1) is 18.2. The van der Waals surface area contributed by atoms with Gasteiger partial charge in [-0.1, -0.05) is 12.1 Å². The number of anilines is 2. The quantitative estimate of drug-likeness (QED) is 0.499. The van der Waals surface area contributed by atoms with Crippen molar-refractivity contribution in [1.29, 1.82) is 0 Å². The van der Waals surface area contributed by atoms with Crippen LogP contribution in [0.2, 0.25) is 0 Å². The molecule has 1 amide bonds. The van der Waals surface area contributed by atoms with Gasteiger partial charge in [-0.25, -0.2) is 14.2 Å². The van der Waals surface area contributed by atoms with Gasteiger partial charge >= 0.3 is 5.69 Å². The fourth-order valence-corrected chi connectivity index (χ4v) is 4.11. The summed E-state index contributed by atoms with van der Waals surface area (Å²) < 4.78 is 16.5. The molecule has 0 aliphatic rings. The molecule has 0 N–H and O–H groups in total. The predicted octanol–water partition coefficient (Wildman–Crippen LogP) is 2.82. The first-order valence-electron chi connectivity index (χ1n) is 8.11. The van der Waals surface area contributed by atoms with Gasteiger partial charge in [0.25, 0.3) is 0 Å². The highest BCUT2D eigenvalue weighted by Gasteiger charge is 2.21. The van der Waals surface area contributed by atoms with Gasteiger partial charge in [-0.15, -0.1) is 22.7 Å². The van der Waals surface area contributed by atoms with Gasteiger partial charge in [0.05, 0.1) is 17.9 Å². The Labute approximate surface area is 166 Å². The number of carbonyl (C=O) groups excluding carboxylic acids is 1. The summed E-state index contributed by atoms with van der Waals surface area (Å²) in [6, 6.07) is 9.57. The Bertz CT molecular complexity index is 1180. The van der Waals surface area contributed by atoms with Gasteiger partial charge in [-0.2, -0.15) is 9.36 Å². The molecule has 142 valence electrons. The van der Waals surface area contributed by atoms with Gasteiger partial charge in [0, 0.05) is 12.3 Å². The van der Waals surface area contributed by atoms with Crippen LogP contribution in [-0.2, 0) is 11.3 Å². The number of rotatable bonds is 5. The highest BCUT2D eigenvalue weighted by Crippen LogP contribution is 2.30. The number of thiophene rings is 1.